The van der Waals surface area contributed by atoms with Gasteiger partial charge in [0.15, 0.2) is 0 Å². The number of aromatic nitrogens is 3. The highest BCUT2D eigenvalue weighted by atomic mass is 32.2. The summed E-state index contributed by atoms with van der Waals surface area (Å²) in [7, 11) is -3.51. The van der Waals surface area contributed by atoms with Crippen LogP contribution in [0.4, 0.5) is 5.69 Å². The quantitative estimate of drug-likeness (QED) is 0.456. The van der Waals surface area contributed by atoms with Gasteiger partial charge in [0.1, 0.15) is 5.52 Å². The summed E-state index contributed by atoms with van der Waals surface area (Å²) in [6.45, 7) is 1.67. The number of hydrogen-bond donors (Lipinski definition) is 1. The Kier molecular flexibility index (Phi) is 6.12. The summed E-state index contributed by atoms with van der Waals surface area (Å²) in [6.07, 6.45) is 2.82. The van der Waals surface area contributed by atoms with Crippen molar-refractivity contribution in [1.82, 2.24) is 19.3 Å². The first-order valence-corrected chi connectivity index (χ1v) is 12.7. The van der Waals surface area contributed by atoms with Crippen LogP contribution in [-0.2, 0) is 16.6 Å². The number of amides is 1. The molecule has 1 N–H and O–H groups in total. The molecular formula is C25H25N5O3S. The lowest BCUT2D eigenvalue weighted by Crippen LogP contribution is -2.35. The molecule has 34 heavy (non-hydrogen) atoms. The fourth-order valence-electron chi connectivity index (χ4n) is 4.14. The van der Waals surface area contributed by atoms with E-state index in [2.05, 4.69) is 15.6 Å². The molecule has 0 bridgehead atoms. The molecule has 8 nitrogen and oxygen atoms in total. The number of nitrogens with zero attached hydrogens (tertiary/aromatic N) is 4. The molecule has 0 atom stereocenters. The molecule has 1 fully saturated rings. The van der Waals surface area contributed by atoms with Gasteiger partial charge in [0.2, 0.25) is 10.0 Å². The predicted octanol–water partition coefficient (Wildman–Crippen LogP) is 3.91. The maximum atomic E-state index is 12.8. The molecule has 2 heterocycles. The van der Waals surface area contributed by atoms with Crippen molar-refractivity contribution in [2.45, 2.75) is 30.7 Å². The minimum absolute atomic E-state index is 0.218. The highest BCUT2D eigenvalue weighted by Gasteiger charge is 2.25. The molecule has 1 saturated heterocycles. The van der Waals surface area contributed by atoms with Crippen LogP contribution in [0, 0.1) is 0 Å². The molecule has 0 spiro atoms. The van der Waals surface area contributed by atoms with Gasteiger partial charge in [0.05, 0.1) is 17.0 Å². The third-order valence-electron chi connectivity index (χ3n) is 6.03. The normalized spacial score (nSPS) is 14.8. The Morgan fingerprint density at radius 1 is 0.882 bits per heavy atom. The fourth-order valence-corrected chi connectivity index (χ4v) is 5.65. The topological polar surface area (TPSA) is 97.2 Å². The molecule has 1 aliphatic rings. The summed E-state index contributed by atoms with van der Waals surface area (Å²) >= 11 is 0. The lowest BCUT2D eigenvalue weighted by Gasteiger charge is -2.25. The Morgan fingerprint density at radius 3 is 2.32 bits per heavy atom. The highest BCUT2D eigenvalue weighted by molar-refractivity contribution is 7.89. The zero-order valence-electron chi connectivity index (χ0n) is 18.6. The second-order valence-corrected chi connectivity index (χ2v) is 10.3. The zero-order chi connectivity index (χ0) is 23.5. The van der Waals surface area contributed by atoms with E-state index in [1.807, 2.05) is 53.2 Å². The Morgan fingerprint density at radius 2 is 1.59 bits per heavy atom. The number of nitrogens with one attached hydrogen (secondary N) is 1. The summed E-state index contributed by atoms with van der Waals surface area (Å²) in [5.41, 5.74) is 3.89. The van der Waals surface area contributed by atoms with E-state index in [-0.39, 0.29) is 10.8 Å². The first-order valence-electron chi connectivity index (χ1n) is 11.3. The van der Waals surface area contributed by atoms with Crippen molar-refractivity contribution in [2.75, 3.05) is 18.4 Å². The smallest absolute Gasteiger partial charge is 0.255 e. The molecule has 0 unspecified atom stereocenters. The van der Waals surface area contributed by atoms with Gasteiger partial charge in [-0.05, 0) is 66.9 Å². The summed E-state index contributed by atoms with van der Waals surface area (Å²) in [6, 6.07) is 21.4. The van der Waals surface area contributed by atoms with E-state index in [1.54, 1.807) is 12.1 Å². The molecule has 1 aromatic heterocycles. The summed E-state index contributed by atoms with van der Waals surface area (Å²) < 4.78 is 28.9. The number of carbonyl (C=O) groups excluding carboxylic acids is 1. The molecule has 5 rings (SSSR count). The molecular weight excluding hydrogens is 450 g/mol. The Hall–Kier alpha value is -3.56. The SMILES string of the molecule is O=C(Nc1ccc(Cn2nnc3ccccc32)cc1)c1ccc(S(=O)(=O)N2CCCCC2)cc1. The molecule has 1 aliphatic heterocycles. The lowest BCUT2D eigenvalue weighted by atomic mass is 10.2. The number of fused-ring (bicyclic) bond motifs is 1. The summed E-state index contributed by atoms with van der Waals surface area (Å²) in [5, 5.41) is 11.2. The number of anilines is 1. The second kappa shape index (κ2) is 9.36. The number of carbonyl (C=O) groups is 1. The molecule has 4 aromatic rings. The van der Waals surface area contributed by atoms with Crippen LogP contribution < -0.4 is 5.32 Å². The average molecular weight is 476 g/mol. The monoisotopic (exact) mass is 475 g/mol. The zero-order valence-corrected chi connectivity index (χ0v) is 19.4. The van der Waals surface area contributed by atoms with E-state index in [9.17, 15) is 13.2 Å². The van der Waals surface area contributed by atoms with Crippen LogP contribution in [0.1, 0.15) is 35.2 Å². The van der Waals surface area contributed by atoms with Crippen LogP contribution >= 0.6 is 0 Å². The highest BCUT2D eigenvalue weighted by Crippen LogP contribution is 2.21. The van der Waals surface area contributed by atoms with Gasteiger partial charge >= 0.3 is 0 Å². The average Bonchev–Trinajstić information content (AvgIpc) is 3.28. The van der Waals surface area contributed by atoms with Crippen molar-refractivity contribution in [3.63, 3.8) is 0 Å². The van der Waals surface area contributed by atoms with E-state index in [4.69, 9.17) is 0 Å². The van der Waals surface area contributed by atoms with Crippen molar-refractivity contribution in [2.24, 2.45) is 0 Å². The van der Waals surface area contributed by atoms with Crippen LogP contribution in [0.15, 0.2) is 77.7 Å². The summed E-state index contributed by atoms with van der Waals surface area (Å²) in [4.78, 5) is 12.9. The van der Waals surface area contributed by atoms with Gasteiger partial charge in [0.25, 0.3) is 5.91 Å². The second-order valence-electron chi connectivity index (χ2n) is 8.38. The standard InChI is InChI=1S/C25H25N5O3S/c31-25(20-10-14-22(15-11-20)34(32,33)29-16-4-1-5-17-29)26-21-12-8-19(9-13-21)18-30-24-7-3-2-6-23(24)27-28-30/h2-3,6-15H,1,4-5,16-18H2,(H,26,31). The van der Waals surface area contributed by atoms with Gasteiger partial charge in [-0.15, -0.1) is 5.10 Å². The minimum Gasteiger partial charge on any atom is -0.322 e. The lowest BCUT2D eigenvalue weighted by molar-refractivity contribution is 0.102. The van der Waals surface area contributed by atoms with Crippen molar-refractivity contribution >= 4 is 32.7 Å². The Labute approximate surface area is 198 Å². The van der Waals surface area contributed by atoms with Crippen LogP contribution in [0.2, 0.25) is 0 Å². The summed E-state index contributed by atoms with van der Waals surface area (Å²) in [5.74, 6) is -0.294. The van der Waals surface area contributed by atoms with Gasteiger partial charge in [-0.3, -0.25) is 4.79 Å². The van der Waals surface area contributed by atoms with E-state index >= 15 is 0 Å². The van der Waals surface area contributed by atoms with Crippen LogP contribution in [0.3, 0.4) is 0 Å². The van der Waals surface area contributed by atoms with Gasteiger partial charge in [-0.1, -0.05) is 35.9 Å². The van der Waals surface area contributed by atoms with E-state index in [0.717, 1.165) is 35.9 Å². The van der Waals surface area contributed by atoms with Gasteiger partial charge in [-0.2, -0.15) is 4.31 Å². The number of hydrogen-bond acceptors (Lipinski definition) is 5. The molecule has 1 amide bonds. The van der Waals surface area contributed by atoms with E-state index in [0.29, 0.717) is 30.9 Å². The van der Waals surface area contributed by atoms with Crippen molar-refractivity contribution in [3.8, 4) is 0 Å². The van der Waals surface area contributed by atoms with E-state index < -0.39 is 10.0 Å². The van der Waals surface area contributed by atoms with Gasteiger partial charge in [-0.25, -0.2) is 13.1 Å². The van der Waals surface area contributed by atoms with Crippen LogP contribution in [0.5, 0.6) is 0 Å². The van der Waals surface area contributed by atoms with Crippen LogP contribution in [0.25, 0.3) is 11.0 Å². The largest absolute Gasteiger partial charge is 0.322 e. The number of benzene rings is 3. The van der Waals surface area contributed by atoms with Gasteiger partial charge < -0.3 is 5.32 Å². The van der Waals surface area contributed by atoms with Crippen molar-refractivity contribution in [3.05, 3.63) is 83.9 Å². The van der Waals surface area contributed by atoms with Crippen molar-refractivity contribution < 1.29 is 13.2 Å². The molecule has 0 aliphatic carbocycles. The molecule has 174 valence electrons. The van der Waals surface area contributed by atoms with Crippen LogP contribution in [-0.4, -0.2) is 46.7 Å². The minimum atomic E-state index is -3.51. The first kappa shape index (κ1) is 22.2. The fraction of sp³-hybridized carbons (Fsp3) is 0.240. The Balaban J connectivity index is 1.23. The van der Waals surface area contributed by atoms with Gasteiger partial charge in [0, 0.05) is 24.3 Å². The number of rotatable bonds is 6. The third kappa shape index (κ3) is 4.57. The maximum Gasteiger partial charge on any atom is 0.255 e. The third-order valence-corrected chi connectivity index (χ3v) is 7.95. The molecule has 0 saturated carbocycles. The number of piperidine rings is 1. The predicted molar refractivity (Wildman–Crippen MR) is 130 cm³/mol. The molecule has 9 heteroatoms. The maximum absolute atomic E-state index is 12.8. The number of para-hydroxylation sites is 1. The van der Waals surface area contributed by atoms with E-state index in [1.165, 1.54) is 16.4 Å². The first-order chi connectivity index (χ1) is 16.5. The molecule has 0 radical (unpaired) electrons. The van der Waals surface area contributed by atoms with Crippen molar-refractivity contribution in [1.29, 1.82) is 0 Å². The molecule has 3 aromatic carbocycles. The Bertz CT molecular complexity index is 1410. The number of sulfonamides is 1.